The molecule has 2 heterocycles. The van der Waals surface area contributed by atoms with Gasteiger partial charge in [-0.15, -0.1) is 10.2 Å². The molecule has 0 spiro atoms. The van der Waals surface area contributed by atoms with E-state index in [9.17, 15) is 0 Å². The van der Waals surface area contributed by atoms with Gasteiger partial charge in [-0.3, -0.25) is 0 Å². The van der Waals surface area contributed by atoms with Gasteiger partial charge < -0.3 is 8.83 Å². The lowest BCUT2D eigenvalue weighted by Crippen LogP contribution is -1.77. The number of thioether (sulfide) groups is 1. The number of aromatic nitrogens is 2. The Bertz CT molecular complexity index is 450. The van der Waals surface area contributed by atoms with Crippen LogP contribution in [-0.2, 0) is 0 Å². The van der Waals surface area contributed by atoms with Crippen LogP contribution >= 0.6 is 11.8 Å². The molecule has 2 rings (SSSR count). The molecule has 2 aromatic heterocycles. The molecular formula is C11H14N2O2S. The minimum atomic E-state index is 0.533. The first-order chi connectivity index (χ1) is 7.81. The first-order valence-corrected chi connectivity index (χ1v) is 6.30. The van der Waals surface area contributed by atoms with Crippen LogP contribution in [0.5, 0.6) is 0 Å². The number of nitrogens with zero attached hydrogens (tertiary/aromatic N) is 2. The molecule has 0 aliphatic rings. The summed E-state index contributed by atoms with van der Waals surface area (Å²) in [6.45, 7) is 4.04. The van der Waals surface area contributed by atoms with E-state index in [2.05, 4.69) is 17.1 Å². The van der Waals surface area contributed by atoms with Gasteiger partial charge in [0.05, 0.1) is 11.8 Å². The van der Waals surface area contributed by atoms with Crippen molar-refractivity contribution < 1.29 is 8.83 Å². The van der Waals surface area contributed by atoms with Gasteiger partial charge in [-0.05, 0) is 19.4 Å². The Balaban J connectivity index is 2.05. The molecule has 0 unspecified atom stereocenters. The quantitative estimate of drug-likeness (QED) is 0.589. The fourth-order valence-corrected chi connectivity index (χ4v) is 2.13. The van der Waals surface area contributed by atoms with E-state index in [1.54, 1.807) is 18.0 Å². The minimum absolute atomic E-state index is 0.533. The Morgan fingerprint density at radius 2 is 2.25 bits per heavy atom. The van der Waals surface area contributed by atoms with Gasteiger partial charge in [0.2, 0.25) is 0 Å². The second kappa shape index (κ2) is 5.21. The van der Waals surface area contributed by atoms with Crippen LogP contribution in [0.4, 0.5) is 0 Å². The van der Waals surface area contributed by atoms with Gasteiger partial charge in [-0.2, -0.15) is 0 Å². The third kappa shape index (κ3) is 2.47. The van der Waals surface area contributed by atoms with Gasteiger partial charge in [-0.1, -0.05) is 25.1 Å². The first kappa shape index (κ1) is 11.3. The van der Waals surface area contributed by atoms with Gasteiger partial charge in [0.1, 0.15) is 5.76 Å². The minimum Gasteiger partial charge on any atom is -0.469 e. The molecule has 0 fully saturated rings. The van der Waals surface area contributed by atoms with Crippen molar-refractivity contribution in [2.75, 3.05) is 5.75 Å². The Morgan fingerprint density at radius 1 is 1.38 bits per heavy atom. The third-order valence-corrected chi connectivity index (χ3v) is 3.12. The van der Waals surface area contributed by atoms with Crippen LogP contribution in [0.3, 0.4) is 0 Å². The topological polar surface area (TPSA) is 52.1 Å². The number of aryl methyl sites for hydroxylation is 1. The number of unbranched alkanes of at least 4 members (excludes halogenated alkanes) is 1. The van der Waals surface area contributed by atoms with E-state index in [4.69, 9.17) is 8.83 Å². The van der Waals surface area contributed by atoms with Crippen molar-refractivity contribution in [3.63, 3.8) is 0 Å². The van der Waals surface area contributed by atoms with E-state index in [0.29, 0.717) is 11.1 Å². The van der Waals surface area contributed by atoms with Crippen molar-refractivity contribution >= 4 is 11.8 Å². The predicted octanol–water partition coefficient (Wildman–Crippen LogP) is 3.53. The molecule has 0 aliphatic heterocycles. The third-order valence-electron chi connectivity index (χ3n) is 2.22. The highest BCUT2D eigenvalue weighted by Gasteiger charge is 2.12. The highest BCUT2D eigenvalue weighted by Crippen LogP contribution is 2.26. The van der Waals surface area contributed by atoms with Crippen molar-refractivity contribution in [1.29, 1.82) is 0 Å². The maximum atomic E-state index is 5.54. The van der Waals surface area contributed by atoms with E-state index < -0.39 is 0 Å². The average molecular weight is 238 g/mol. The molecule has 2 aromatic rings. The van der Waals surface area contributed by atoms with E-state index in [-0.39, 0.29) is 0 Å². The zero-order valence-electron chi connectivity index (χ0n) is 9.40. The number of hydrogen-bond acceptors (Lipinski definition) is 5. The molecule has 5 heteroatoms. The monoisotopic (exact) mass is 238 g/mol. The van der Waals surface area contributed by atoms with E-state index in [1.165, 1.54) is 6.42 Å². The van der Waals surface area contributed by atoms with Crippen LogP contribution in [0, 0.1) is 6.92 Å². The van der Waals surface area contributed by atoms with Gasteiger partial charge in [0.15, 0.2) is 0 Å². The smallest absolute Gasteiger partial charge is 0.276 e. The van der Waals surface area contributed by atoms with Crippen molar-refractivity contribution in [2.24, 2.45) is 0 Å². The van der Waals surface area contributed by atoms with Crippen molar-refractivity contribution in [2.45, 2.75) is 31.9 Å². The number of rotatable bonds is 5. The molecule has 86 valence electrons. The van der Waals surface area contributed by atoms with Crippen molar-refractivity contribution in [3.8, 4) is 11.5 Å². The summed E-state index contributed by atoms with van der Waals surface area (Å²) in [4.78, 5) is 0. The highest BCUT2D eigenvalue weighted by molar-refractivity contribution is 7.99. The molecule has 0 N–H and O–H groups in total. The van der Waals surface area contributed by atoms with Crippen LogP contribution in [-0.4, -0.2) is 16.0 Å². The molecule has 0 atom stereocenters. The Morgan fingerprint density at radius 3 is 2.94 bits per heavy atom. The molecule has 4 nitrogen and oxygen atoms in total. The van der Waals surface area contributed by atoms with Crippen molar-refractivity contribution in [3.05, 3.63) is 18.1 Å². The van der Waals surface area contributed by atoms with Gasteiger partial charge >= 0.3 is 0 Å². The molecule has 0 radical (unpaired) electrons. The zero-order chi connectivity index (χ0) is 11.4. The highest BCUT2D eigenvalue weighted by atomic mass is 32.2. The van der Waals surface area contributed by atoms with Gasteiger partial charge in [-0.25, -0.2) is 0 Å². The lowest BCUT2D eigenvalue weighted by Gasteiger charge is -1.92. The Kier molecular flexibility index (Phi) is 3.66. The Labute approximate surface area is 98.4 Å². The zero-order valence-corrected chi connectivity index (χ0v) is 10.2. The SMILES string of the molecule is CCCCSc1nnc(-c2ccoc2C)o1. The fraction of sp³-hybridized carbons (Fsp3) is 0.455. The summed E-state index contributed by atoms with van der Waals surface area (Å²) < 4.78 is 10.7. The number of hydrogen-bond donors (Lipinski definition) is 0. The molecule has 0 bridgehead atoms. The average Bonchev–Trinajstić information content (AvgIpc) is 2.87. The lowest BCUT2D eigenvalue weighted by molar-refractivity contribution is 0.463. The van der Waals surface area contributed by atoms with E-state index in [0.717, 1.165) is 23.5 Å². The summed E-state index contributed by atoms with van der Waals surface area (Å²) in [5.41, 5.74) is 0.870. The second-order valence-electron chi connectivity index (χ2n) is 3.47. The van der Waals surface area contributed by atoms with Crippen LogP contribution < -0.4 is 0 Å². The van der Waals surface area contributed by atoms with Crippen LogP contribution in [0.25, 0.3) is 11.5 Å². The molecule has 0 aromatic carbocycles. The van der Waals surface area contributed by atoms with Crippen LogP contribution in [0.2, 0.25) is 0 Å². The predicted molar refractivity (Wildman–Crippen MR) is 62.4 cm³/mol. The Hall–Kier alpha value is -1.23. The first-order valence-electron chi connectivity index (χ1n) is 5.32. The second-order valence-corrected chi connectivity index (χ2v) is 4.51. The fourth-order valence-electron chi connectivity index (χ4n) is 1.29. The molecular weight excluding hydrogens is 224 g/mol. The molecule has 16 heavy (non-hydrogen) atoms. The summed E-state index contributed by atoms with van der Waals surface area (Å²) >= 11 is 1.60. The molecule has 0 saturated carbocycles. The maximum absolute atomic E-state index is 5.54. The van der Waals surface area contributed by atoms with E-state index in [1.807, 2.05) is 13.0 Å². The summed E-state index contributed by atoms with van der Waals surface area (Å²) in [6.07, 6.45) is 3.96. The van der Waals surface area contributed by atoms with Crippen LogP contribution in [0.1, 0.15) is 25.5 Å². The normalized spacial score (nSPS) is 10.9. The van der Waals surface area contributed by atoms with Gasteiger partial charge in [0, 0.05) is 5.75 Å². The lowest BCUT2D eigenvalue weighted by atomic mass is 10.3. The largest absolute Gasteiger partial charge is 0.469 e. The summed E-state index contributed by atoms with van der Waals surface area (Å²) in [6, 6.07) is 1.84. The van der Waals surface area contributed by atoms with Crippen LogP contribution in [0.15, 0.2) is 26.4 Å². The molecule has 0 amide bonds. The number of furan rings is 1. The van der Waals surface area contributed by atoms with Gasteiger partial charge in [0.25, 0.3) is 11.1 Å². The summed E-state index contributed by atoms with van der Waals surface area (Å²) in [5, 5.41) is 8.62. The summed E-state index contributed by atoms with van der Waals surface area (Å²) in [5.74, 6) is 2.35. The maximum Gasteiger partial charge on any atom is 0.276 e. The van der Waals surface area contributed by atoms with Crippen molar-refractivity contribution in [1.82, 2.24) is 10.2 Å². The summed E-state index contributed by atoms with van der Waals surface area (Å²) in [7, 11) is 0. The van der Waals surface area contributed by atoms with E-state index >= 15 is 0 Å². The standard InChI is InChI=1S/C11H14N2O2S/c1-3-4-7-16-11-13-12-10(15-11)9-5-6-14-8(9)2/h5-6H,3-4,7H2,1-2H3. The molecule has 0 aliphatic carbocycles. The molecule has 0 saturated heterocycles.